The van der Waals surface area contributed by atoms with E-state index in [1.807, 2.05) is 11.3 Å². The average molecular weight is 436 g/mol. The van der Waals surface area contributed by atoms with Crippen LogP contribution in [0, 0.1) is 0 Å². The van der Waals surface area contributed by atoms with E-state index in [-0.39, 0.29) is 18.3 Å². The van der Waals surface area contributed by atoms with Crippen LogP contribution in [0.4, 0.5) is 0 Å². The van der Waals surface area contributed by atoms with E-state index in [1.165, 1.54) is 42.1 Å². The lowest BCUT2D eigenvalue weighted by molar-refractivity contribution is 0.00578. The van der Waals surface area contributed by atoms with Crippen molar-refractivity contribution in [3.8, 4) is 11.1 Å². The van der Waals surface area contributed by atoms with E-state index in [1.54, 1.807) is 0 Å². The Hall–Kier alpha value is -2.66. The lowest BCUT2D eigenvalue weighted by atomic mass is 9.78. The van der Waals surface area contributed by atoms with E-state index >= 15 is 0 Å². The molecule has 0 aliphatic carbocycles. The highest BCUT2D eigenvalue weighted by Gasteiger charge is 2.51. The van der Waals surface area contributed by atoms with Gasteiger partial charge in [-0.2, -0.15) is 0 Å². The lowest BCUT2D eigenvalue weighted by Gasteiger charge is -2.32. The predicted octanol–water partition coefficient (Wildman–Crippen LogP) is 7.17. The molecule has 0 bridgehead atoms. The number of hydrogen-bond donors (Lipinski definition) is 0. The largest absolute Gasteiger partial charge is 0.494 e. The summed E-state index contributed by atoms with van der Waals surface area (Å²) in [5.74, 6) is 0. The van der Waals surface area contributed by atoms with Crippen LogP contribution in [-0.4, -0.2) is 18.3 Å². The zero-order chi connectivity index (χ0) is 22.1. The van der Waals surface area contributed by atoms with Gasteiger partial charge in [0.05, 0.1) is 11.2 Å². The van der Waals surface area contributed by atoms with Crippen molar-refractivity contribution in [1.29, 1.82) is 0 Å². The van der Waals surface area contributed by atoms with Crippen LogP contribution in [0.5, 0.6) is 0 Å². The minimum atomic E-state index is -0.333. The minimum absolute atomic E-state index is 0.332. The van der Waals surface area contributed by atoms with E-state index in [0.717, 1.165) is 5.46 Å². The van der Waals surface area contributed by atoms with Gasteiger partial charge in [-0.15, -0.1) is 11.3 Å². The van der Waals surface area contributed by atoms with Crippen LogP contribution in [-0.2, 0) is 9.31 Å². The maximum Gasteiger partial charge on any atom is 0.494 e. The summed E-state index contributed by atoms with van der Waals surface area (Å²) in [6.07, 6.45) is 0. The van der Waals surface area contributed by atoms with E-state index in [0.29, 0.717) is 0 Å². The molecule has 5 aromatic rings. The van der Waals surface area contributed by atoms with Crippen LogP contribution in [0.1, 0.15) is 27.7 Å². The topological polar surface area (TPSA) is 18.5 Å². The molecular weight excluding hydrogens is 411 g/mol. The van der Waals surface area contributed by atoms with Crippen LogP contribution in [0.15, 0.2) is 78.9 Å². The van der Waals surface area contributed by atoms with Gasteiger partial charge in [0.1, 0.15) is 0 Å². The van der Waals surface area contributed by atoms with Crippen molar-refractivity contribution in [3.63, 3.8) is 0 Å². The first-order chi connectivity index (χ1) is 15.3. The van der Waals surface area contributed by atoms with E-state index in [4.69, 9.17) is 9.31 Å². The molecule has 0 N–H and O–H groups in total. The summed E-state index contributed by atoms with van der Waals surface area (Å²) in [5, 5.41) is 5.30. The average Bonchev–Trinajstić information content (AvgIpc) is 3.27. The molecule has 1 aromatic heterocycles. The third-order valence-electron chi connectivity index (χ3n) is 7.13. The second-order valence-corrected chi connectivity index (χ2v) is 10.7. The summed E-state index contributed by atoms with van der Waals surface area (Å²) in [6.45, 7) is 8.36. The summed E-state index contributed by atoms with van der Waals surface area (Å²) in [6, 6.07) is 28.5. The first-order valence-corrected chi connectivity index (χ1v) is 11.9. The zero-order valence-corrected chi connectivity index (χ0v) is 19.6. The Bertz CT molecular complexity index is 1460. The molecule has 158 valence electrons. The molecule has 0 saturated carbocycles. The number of rotatable bonds is 2. The summed E-state index contributed by atoms with van der Waals surface area (Å²) < 4.78 is 15.1. The highest BCUT2D eigenvalue weighted by atomic mass is 32.1. The first-order valence-electron chi connectivity index (χ1n) is 11.1. The quantitative estimate of drug-likeness (QED) is 0.273. The summed E-state index contributed by atoms with van der Waals surface area (Å²) >= 11 is 1.88. The molecule has 1 fully saturated rings. The van der Waals surface area contributed by atoms with Crippen LogP contribution in [0.3, 0.4) is 0 Å². The van der Waals surface area contributed by atoms with Crippen molar-refractivity contribution in [2.24, 2.45) is 0 Å². The van der Waals surface area contributed by atoms with Crippen molar-refractivity contribution in [2.45, 2.75) is 38.9 Å². The summed E-state index contributed by atoms with van der Waals surface area (Å²) in [7, 11) is -0.333. The van der Waals surface area contributed by atoms with Gasteiger partial charge in [0.2, 0.25) is 0 Å². The Morgan fingerprint density at radius 1 is 0.688 bits per heavy atom. The van der Waals surface area contributed by atoms with Gasteiger partial charge in [-0.05, 0) is 61.1 Å². The van der Waals surface area contributed by atoms with Gasteiger partial charge in [-0.25, -0.2) is 0 Å². The zero-order valence-electron chi connectivity index (χ0n) is 18.8. The van der Waals surface area contributed by atoms with Crippen LogP contribution < -0.4 is 5.46 Å². The fourth-order valence-electron chi connectivity index (χ4n) is 4.59. The molecule has 0 atom stereocenters. The van der Waals surface area contributed by atoms with Gasteiger partial charge in [-0.3, -0.25) is 0 Å². The van der Waals surface area contributed by atoms with Crippen LogP contribution in [0.2, 0.25) is 0 Å². The number of fused-ring (bicyclic) bond motifs is 5. The summed E-state index contributed by atoms with van der Waals surface area (Å²) in [5.41, 5.74) is 2.88. The van der Waals surface area contributed by atoms with Gasteiger partial charge in [0.25, 0.3) is 0 Å². The number of hydrogen-bond acceptors (Lipinski definition) is 3. The highest BCUT2D eigenvalue weighted by Crippen LogP contribution is 2.42. The SMILES string of the molecule is CC1(C)OB(c2ccc(-c3cccc4c3sc3ccc5ccccc5c34)cc2)OC1(C)C. The third kappa shape index (κ3) is 2.94. The Balaban J connectivity index is 1.44. The second kappa shape index (κ2) is 6.92. The molecule has 0 unspecified atom stereocenters. The molecule has 2 heterocycles. The fourth-order valence-corrected chi connectivity index (χ4v) is 5.85. The van der Waals surface area contributed by atoms with Crippen molar-refractivity contribution in [1.82, 2.24) is 0 Å². The Morgan fingerprint density at radius 2 is 1.38 bits per heavy atom. The molecule has 0 amide bonds. The maximum absolute atomic E-state index is 6.23. The van der Waals surface area contributed by atoms with E-state index in [2.05, 4.69) is 107 Å². The normalized spacial score (nSPS) is 17.6. The molecule has 4 heteroatoms. The van der Waals surface area contributed by atoms with Crippen LogP contribution in [0.25, 0.3) is 42.1 Å². The molecule has 32 heavy (non-hydrogen) atoms. The molecular formula is C28H25BO2S. The fraction of sp³-hybridized carbons (Fsp3) is 0.214. The Kier molecular flexibility index (Phi) is 4.32. The molecule has 1 saturated heterocycles. The van der Waals surface area contributed by atoms with Gasteiger partial charge < -0.3 is 9.31 Å². The van der Waals surface area contributed by atoms with Crippen molar-refractivity contribution in [2.75, 3.05) is 0 Å². The Labute approximate surface area is 192 Å². The van der Waals surface area contributed by atoms with E-state index in [9.17, 15) is 0 Å². The third-order valence-corrected chi connectivity index (χ3v) is 8.34. The van der Waals surface area contributed by atoms with Crippen molar-refractivity contribution >= 4 is 54.9 Å². The van der Waals surface area contributed by atoms with E-state index < -0.39 is 0 Å². The lowest BCUT2D eigenvalue weighted by Crippen LogP contribution is -2.41. The smallest absolute Gasteiger partial charge is 0.399 e. The molecule has 1 aliphatic heterocycles. The molecule has 0 spiro atoms. The van der Waals surface area contributed by atoms with Crippen molar-refractivity contribution < 1.29 is 9.31 Å². The van der Waals surface area contributed by atoms with Gasteiger partial charge in [-0.1, -0.05) is 72.8 Å². The van der Waals surface area contributed by atoms with Crippen LogP contribution >= 0.6 is 11.3 Å². The predicted molar refractivity (Wildman–Crippen MR) is 138 cm³/mol. The van der Waals surface area contributed by atoms with Gasteiger partial charge >= 0.3 is 7.12 Å². The second-order valence-electron chi connectivity index (χ2n) is 9.65. The Morgan fingerprint density at radius 3 is 2.12 bits per heavy atom. The standard InChI is InChI=1S/C28H25BO2S/c1-27(2)28(3,4)31-29(30-27)20-15-12-19(13-16-20)22-10-7-11-23-25-21-9-6-5-8-18(21)14-17-24(25)32-26(22)23/h5-17H,1-4H3. The minimum Gasteiger partial charge on any atom is -0.399 e. The maximum atomic E-state index is 6.23. The monoisotopic (exact) mass is 436 g/mol. The molecule has 2 nitrogen and oxygen atoms in total. The highest BCUT2D eigenvalue weighted by molar-refractivity contribution is 7.26. The molecule has 0 radical (unpaired) electrons. The van der Waals surface area contributed by atoms with Gasteiger partial charge in [0, 0.05) is 20.2 Å². The number of benzene rings is 4. The molecule has 6 rings (SSSR count). The van der Waals surface area contributed by atoms with Crippen molar-refractivity contribution in [3.05, 3.63) is 78.9 Å². The first kappa shape index (κ1) is 20.0. The summed E-state index contributed by atoms with van der Waals surface area (Å²) in [4.78, 5) is 0. The number of thiophene rings is 1. The molecule has 1 aliphatic rings. The van der Waals surface area contributed by atoms with Gasteiger partial charge in [0.15, 0.2) is 0 Å². The molecule has 4 aromatic carbocycles.